The molecule has 1 aliphatic carbocycles. The van der Waals surface area contributed by atoms with Crippen LogP contribution in [0.25, 0.3) is 0 Å². The van der Waals surface area contributed by atoms with E-state index in [4.69, 9.17) is 11.0 Å². The van der Waals surface area contributed by atoms with Crippen molar-refractivity contribution >= 4 is 5.91 Å². The molecule has 0 aromatic rings. The van der Waals surface area contributed by atoms with Crippen molar-refractivity contribution < 1.29 is 4.79 Å². The van der Waals surface area contributed by atoms with Crippen LogP contribution in [-0.4, -0.2) is 29.9 Å². The quantitative estimate of drug-likeness (QED) is 0.805. The predicted molar refractivity (Wildman–Crippen MR) is 67.0 cm³/mol. The molecule has 0 aromatic heterocycles. The number of amides is 1. The number of hydrogen-bond donors (Lipinski definition) is 1. The molecule has 0 heterocycles. The molecular formula is C13H23N3O. The average molecular weight is 237 g/mol. The summed E-state index contributed by atoms with van der Waals surface area (Å²) in [5, 5.41) is 8.81. The molecule has 1 amide bonds. The van der Waals surface area contributed by atoms with Crippen molar-refractivity contribution in [2.45, 2.75) is 45.6 Å². The highest BCUT2D eigenvalue weighted by Gasteiger charge is 2.31. The predicted octanol–water partition coefficient (Wildman–Crippen LogP) is 1.51. The van der Waals surface area contributed by atoms with E-state index in [0.29, 0.717) is 13.1 Å². The van der Waals surface area contributed by atoms with Crippen LogP contribution in [-0.2, 0) is 4.79 Å². The van der Waals surface area contributed by atoms with Crippen LogP contribution in [0.4, 0.5) is 0 Å². The molecule has 4 nitrogen and oxygen atoms in total. The number of rotatable bonds is 4. The van der Waals surface area contributed by atoms with Gasteiger partial charge in [-0.2, -0.15) is 5.26 Å². The summed E-state index contributed by atoms with van der Waals surface area (Å²) in [6.07, 6.45) is 4.07. The molecule has 96 valence electrons. The number of hydrogen-bond acceptors (Lipinski definition) is 3. The zero-order valence-corrected chi connectivity index (χ0v) is 10.9. The van der Waals surface area contributed by atoms with Crippen molar-refractivity contribution in [1.29, 1.82) is 5.26 Å². The number of nitrogens with two attached hydrogens (primary N) is 1. The van der Waals surface area contributed by atoms with Crippen molar-refractivity contribution in [2.75, 3.05) is 13.1 Å². The highest BCUT2D eigenvalue weighted by atomic mass is 16.2. The molecule has 0 radical (unpaired) electrons. The molecule has 1 rings (SSSR count). The SMILES string of the molecule is CCN(CC(C)C#N)C(=O)C1CCCCC1N. The van der Waals surface area contributed by atoms with Crippen LogP contribution in [0.2, 0.25) is 0 Å². The zero-order valence-electron chi connectivity index (χ0n) is 10.9. The van der Waals surface area contributed by atoms with Gasteiger partial charge in [-0.15, -0.1) is 0 Å². The van der Waals surface area contributed by atoms with E-state index in [2.05, 4.69) is 6.07 Å². The fourth-order valence-corrected chi connectivity index (χ4v) is 2.45. The molecule has 2 N–H and O–H groups in total. The van der Waals surface area contributed by atoms with Gasteiger partial charge in [0.15, 0.2) is 0 Å². The van der Waals surface area contributed by atoms with E-state index >= 15 is 0 Å². The van der Waals surface area contributed by atoms with Crippen LogP contribution < -0.4 is 5.73 Å². The first-order valence-corrected chi connectivity index (χ1v) is 6.54. The first-order chi connectivity index (χ1) is 8.10. The molecular weight excluding hydrogens is 214 g/mol. The molecule has 1 fully saturated rings. The maximum atomic E-state index is 12.3. The fraction of sp³-hybridized carbons (Fsp3) is 0.846. The second kappa shape index (κ2) is 6.61. The van der Waals surface area contributed by atoms with Gasteiger partial charge in [0.2, 0.25) is 5.91 Å². The first kappa shape index (κ1) is 14.0. The highest BCUT2D eigenvalue weighted by molar-refractivity contribution is 5.79. The Kier molecular flexibility index (Phi) is 5.43. The van der Waals surface area contributed by atoms with E-state index in [1.165, 1.54) is 0 Å². The van der Waals surface area contributed by atoms with E-state index in [-0.39, 0.29) is 23.8 Å². The van der Waals surface area contributed by atoms with E-state index in [1.54, 1.807) is 4.90 Å². The Hall–Kier alpha value is -1.08. The molecule has 4 heteroatoms. The Labute approximate surface area is 104 Å². The van der Waals surface area contributed by atoms with Gasteiger partial charge in [-0.25, -0.2) is 0 Å². The van der Waals surface area contributed by atoms with E-state index in [1.807, 2.05) is 13.8 Å². The molecule has 1 aliphatic rings. The summed E-state index contributed by atoms with van der Waals surface area (Å²) >= 11 is 0. The Bertz CT molecular complexity index is 298. The molecule has 3 atom stereocenters. The summed E-state index contributed by atoms with van der Waals surface area (Å²) in [5.41, 5.74) is 6.02. The molecule has 17 heavy (non-hydrogen) atoms. The summed E-state index contributed by atoms with van der Waals surface area (Å²) in [5.74, 6) is -0.00453. The molecule has 0 aromatic carbocycles. The Morgan fingerprint density at radius 3 is 2.71 bits per heavy atom. The zero-order chi connectivity index (χ0) is 12.8. The Morgan fingerprint density at radius 2 is 2.18 bits per heavy atom. The molecule has 3 unspecified atom stereocenters. The van der Waals surface area contributed by atoms with Gasteiger partial charge in [0.1, 0.15) is 0 Å². The van der Waals surface area contributed by atoms with Gasteiger partial charge < -0.3 is 10.6 Å². The summed E-state index contributed by atoms with van der Waals surface area (Å²) < 4.78 is 0. The third kappa shape index (κ3) is 3.71. The van der Waals surface area contributed by atoms with Crippen LogP contribution in [0.5, 0.6) is 0 Å². The van der Waals surface area contributed by atoms with Crippen molar-refractivity contribution in [3.8, 4) is 6.07 Å². The van der Waals surface area contributed by atoms with Crippen LogP contribution in [0.15, 0.2) is 0 Å². The third-order valence-corrected chi connectivity index (χ3v) is 3.54. The topological polar surface area (TPSA) is 70.1 Å². The van der Waals surface area contributed by atoms with Crippen LogP contribution >= 0.6 is 0 Å². The monoisotopic (exact) mass is 237 g/mol. The normalized spacial score (nSPS) is 26.0. The number of carbonyl (C=O) groups is 1. The number of carbonyl (C=O) groups excluding carboxylic acids is 1. The van der Waals surface area contributed by atoms with E-state index in [9.17, 15) is 4.79 Å². The third-order valence-electron chi connectivity index (χ3n) is 3.54. The lowest BCUT2D eigenvalue weighted by Crippen LogP contribution is -2.46. The van der Waals surface area contributed by atoms with Crippen LogP contribution in [0, 0.1) is 23.2 Å². The number of nitriles is 1. The van der Waals surface area contributed by atoms with E-state index < -0.39 is 0 Å². The summed E-state index contributed by atoms with van der Waals surface area (Å²) in [7, 11) is 0. The van der Waals surface area contributed by atoms with Crippen molar-refractivity contribution in [2.24, 2.45) is 17.6 Å². The van der Waals surface area contributed by atoms with E-state index in [0.717, 1.165) is 25.7 Å². The number of nitrogens with zero attached hydrogens (tertiary/aromatic N) is 2. The lowest BCUT2D eigenvalue weighted by Gasteiger charge is -2.32. The maximum Gasteiger partial charge on any atom is 0.227 e. The summed E-state index contributed by atoms with van der Waals surface area (Å²) in [4.78, 5) is 14.1. The average Bonchev–Trinajstić information content (AvgIpc) is 2.35. The van der Waals surface area contributed by atoms with Gasteiger partial charge in [0, 0.05) is 19.1 Å². The fourth-order valence-electron chi connectivity index (χ4n) is 2.45. The Morgan fingerprint density at radius 1 is 1.53 bits per heavy atom. The van der Waals surface area contributed by atoms with Gasteiger partial charge >= 0.3 is 0 Å². The smallest absolute Gasteiger partial charge is 0.227 e. The van der Waals surface area contributed by atoms with Gasteiger partial charge in [-0.3, -0.25) is 4.79 Å². The first-order valence-electron chi connectivity index (χ1n) is 6.54. The molecule has 0 bridgehead atoms. The largest absolute Gasteiger partial charge is 0.341 e. The standard InChI is InChI=1S/C13H23N3O/c1-3-16(9-10(2)8-14)13(17)11-6-4-5-7-12(11)15/h10-12H,3-7,9,15H2,1-2H3. The minimum Gasteiger partial charge on any atom is -0.341 e. The molecule has 1 saturated carbocycles. The van der Waals surface area contributed by atoms with Gasteiger partial charge in [0.05, 0.1) is 17.9 Å². The lowest BCUT2D eigenvalue weighted by atomic mass is 9.84. The van der Waals surface area contributed by atoms with Crippen molar-refractivity contribution in [3.63, 3.8) is 0 Å². The van der Waals surface area contributed by atoms with Gasteiger partial charge in [0.25, 0.3) is 0 Å². The van der Waals surface area contributed by atoms with Crippen LogP contribution in [0.1, 0.15) is 39.5 Å². The Balaban J connectivity index is 2.61. The lowest BCUT2D eigenvalue weighted by molar-refractivity contribution is -0.137. The maximum absolute atomic E-state index is 12.3. The molecule has 0 spiro atoms. The van der Waals surface area contributed by atoms with Crippen molar-refractivity contribution in [3.05, 3.63) is 0 Å². The van der Waals surface area contributed by atoms with Gasteiger partial charge in [-0.05, 0) is 26.7 Å². The summed E-state index contributed by atoms with van der Waals surface area (Å²) in [6.45, 7) is 4.98. The second-order valence-electron chi connectivity index (χ2n) is 4.96. The second-order valence-corrected chi connectivity index (χ2v) is 4.96. The van der Waals surface area contributed by atoms with Crippen LogP contribution in [0.3, 0.4) is 0 Å². The highest BCUT2D eigenvalue weighted by Crippen LogP contribution is 2.25. The molecule has 0 aliphatic heterocycles. The van der Waals surface area contributed by atoms with Crippen molar-refractivity contribution in [1.82, 2.24) is 4.90 Å². The minimum absolute atomic E-state index is 0.00249. The summed E-state index contributed by atoms with van der Waals surface area (Å²) in [6, 6.07) is 2.18. The van der Waals surface area contributed by atoms with Gasteiger partial charge in [-0.1, -0.05) is 12.8 Å². The minimum atomic E-state index is -0.112. The molecule has 0 saturated heterocycles.